The molecule has 1 aliphatic rings. The average molecular weight is 408 g/mol. The van der Waals surface area contributed by atoms with Crippen molar-refractivity contribution in [2.24, 2.45) is 0 Å². The Morgan fingerprint density at radius 1 is 1.37 bits per heavy atom. The molecule has 3 unspecified atom stereocenters. The maximum Gasteiger partial charge on any atom is 0.356 e. The van der Waals surface area contributed by atoms with E-state index in [1.165, 1.54) is 6.92 Å². The van der Waals surface area contributed by atoms with Crippen molar-refractivity contribution < 1.29 is 34.0 Å². The van der Waals surface area contributed by atoms with E-state index >= 15 is 0 Å². The number of aromatic amines is 2. The topological polar surface area (TPSA) is 182 Å². The summed E-state index contributed by atoms with van der Waals surface area (Å²) in [6.45, 7) is 4.32. The number of hydrogen-bond donors (Lipinski definition) is 6. The normalized spacial score (nSPS) is 31.2. The second-order valence-electron chi connectivity index (χ2n) is 6.90. The molecule has 0 spiro atoms. The number of aliphatic hydroxyl groups excluding tert-OH is 3. The zero-order valence-corrected chi connectivity index (χ0v) is 16.1. The molecule has 7 atom stereocenters. The Hall–Kier alpha value is -1.33. The van der Waals surface area contributed by atoms with Gasteiger partial charge in [0.15, 0.2) is 5.85 Å². The van der Waals surface area contributed by atoms with Crippen molar-refractivity contribution in [1.29, 1.82) is 0 Å². The van der Waals surface area contributed by atoms with Crippen molar-refractivity contribution in [3.05, 3.63) is 32.6 Å². The van der Waals surface area contributed by atoms with Crippen LogP contribution in [-0.2, 0) is 13.8 Å². The largest absolute Gasteiger partial charge is 0.388 e. The van der Waals surface area contributed by atoms with Crippen molar-refractivity contribution in [2.45, 2.75) is 69.5 Å². The minimum atomic E-state index is -4.32. The van der Waals surface area contributed by atoms with E-state index in [4.69, 9.17) is 9.26 Å². The van der Waals surface area contributed by atoms with Gasteiger partial charge in [-0.2, -0.15) is 0 Å². The summed E-state index contributed by atoms with van der Waals surface area (Å²) < 4.78 is 22.9. The van der Waals surface area contributed by atoms with Crippen LogP contribution in [0.2, 0.25) is 0 Å². The number of aromatic nitrogens is 2. The van der Waals surface area contributed by atoms with E-state index in [0.29, 0.717) is 0 Å². The summed E-state index contributed by atoms with van der Waals surface area (Å²) in [7, 11) is -4.32. The molecule has 6 N–H and O–H groups in total. The molecule has 1 saturated heterocycles. The first-order valence-electron chi connectivity index (χ1n) is 8.45. The third-order valence-corrected chi connectivity index (χ3v) is 6.37. The van der Waals surface area contributed by atoms with Crippen LogP contribution in [0, 0.1) is 0 Å². The lowest BCUT2D eigenvalue weighted by Gasteiger charge is -2.34. The summed E-state index contributed by atoms with van der Waals surface area (Å²) >= 11 is 0. The highest BCUT2D eigenvalue weighted by molar-refractivity contribution is 7.53. The summed E-state index contributed by atoms with van der Waals surface area (Å²) in [5, 5.41) is 30.0. The first kappa shape index (κ1) is 22.0. The predicted octanol–water partition coefficient (Wildman–Crippen LogP) is -0.676. The lowest BCUT2D eigenvalue weighted by molar-refractivity contribution is -0.0493. The number of H-pyrrole nitrogens is 2. The highest BCUT2D eigenvalue weighted by atomic mass is 31.2. The fourth-order valence-electron chi connectivity index (χ4n) is 2.87. The van der Waals surface area contributed by atoms with Crippen LogP contribution in [0.1, 0.15) is 45.3 Å². The molecule has 1 aromatic heterocycles. The summed E-state index contributed by atoms with van der Waals surface area (Å²) in [6.07, 6.45) is -3.83. The van der Waals surface area contributed by atoms with Gasteiger partial charge in [0.2, 0.25) is 0 Å². The van der Waals surface area contributed by atoms with E-state index in [-0.39, 0.29) is 18.4 Å². The first-order valence-corrected chi connectivity index (χ1v) is 10.1. The minimum absolute atomic E-state index is 0.0698. The summed E-state index contributed by atoms with van der Waals surface area (Å²) in [5.41, 5.74) is -2.81. The van der Waals surface area contributed by atoms with Crippen molar-refractivity contribution in [3.8, 4) is 0 Å². The minimum Gasteiger partial charge on any atom is -0.388 e. The third kappa shape index (κ3) is 4.75. The van der Waals surface area contributed by atoms with Gasteiger partial charge in [0.1, 0.15) is 18.3 Å². The monoisotopic (exact) mass is 408 g/mol. The van der Waals surface area contributed by atoms with Gasteiger partial charge in [0.05, 0.1) is 17.3 Å². The van der Waals surface area contributed by atoms with E-state index in [1.54, 1.807) is 6.92 Å². The fourth-order valence-corrected chi connectivity index (χ4v) is 3.86. The lowest BCUT2D eigenvalue weighted by atomic mass is 9.92. The van der Waals surface area contributed by atoms with Crippen LogP contribution in [0.25, 0.3) is 0 Å². The quantitative estimate of drug-likeness (QED) is 0.318. The van der Waals surface area contributed by atoms with Crippen LogP contribution in [0.15, 0.2) is 15.8 Å². The zero-order chi connectivity index (χ0) is 20.6. The van der Waals surface area contributed by atoms with Crippen LogP contribution in [-0.4, -0.2) is 59.9 Å². The molecule has 1 aliphatic heterocycles. The summed E-state index contributed by atoms with van der Waals surface area (Å²) in [4.78, 5) is 37.1. The van der Waals surface area contributed by atoms with Gasteiger partial charge in [0, 0.05) is 12.6 Å². The van der Waals surface area contributed by atoms with Gasteiger partial charge in [0.25, 0.3) is 5.56 Å². The Balaban J connectivity index is 2.22. The van der Waals surface area contributed by atoms with Gasteiger partial charge in [-0.15, -0.1) is 0 Å². The molecule has 0 amide bonds. The molecule has 1 fully saturated rings. The molecule has 0 aliphatic carbocycles. The van der Waals surface area contributed by atoms with Gasteiger partial charge in [-0.1, -0.05) is 6.92 Å². The summed E-state index contributed by atoms with van der Waals surface area (Å²) in [6, 6.07) is 0. The van der Waals surface area contributed by atoms with Gasteiger partial charge < -0.3 is 34.5 Å². The average Bonchev–Trinajstić information content (AvgIpc) is 2.82. The van der Waals surface area contributed by atoms with Crippen LogP contribution in [0.4, 0.5) is 0 Å². The van der Waals surface area contributed by atoms with E-state index < -0.39 is 54.7 Å². The fraction of sp³-hybridized carbons (Fsp3) is 0.733. The van der Waals surface area contributed by atoms with E-state index in [0.717, 1.165) is 13.1 Å². The highest BCUT2D eigenvalue weighted by Gasteiger charge is 2.48. The Morgan fingerprint density at radius 2 is 2.00 bits per heavy atom. The Morgan fingerprint density at radius 3 is 2.52 bits per heavy atom. The number of hydrogen-bond acceptors (Lipinski definition) is 8. The molecule has 0 bridgehead atoms. The molecule has 11 nitrogen and oxygen atoms in total. The van der Waals surface area contributed by atoms with Crippen molar-refractivity contribution in [2.75, 3.05) is 0 Å². The van der Waals surface area contributed by atoms with Gasteiger partial charge in [-0.05, 0) is 20.3 Å². The second kappa shape index (κ2) is 7.96. The SMILES string of the molecule is CCC(C)(C[C@H]1O[C@@H](c2c[nH]c(=O)[nH]c2=O)[C@H](O)[C@@H]1O)OP(=O)(O)C(C)O. The Kier molecular flexibility index (Phi) is 6.48. The molecule has 1 aromatic rings. The number of rotatable bonds is 7. The van der Waals surface area contributed by atoms with E-state index in [2.05, 4.69) is 4.98 Å². The molecule has 2 rings (SSSR count). The second-order valence-corrected chi connectivity index (χ2v) is 8.96. The number of nitrogens with one attached hydrogen (secondary N) is 2. The lowest BCUT2D eigenvalue weighted by Crippen LogP contribution is -2.39. The summed E-state index contributed by atoms with van der Waals surface area (Å²) in [5.74, 6) is -1.60. The van der Waals surface area contributed by atoms with Crippen molar-refractivity contribution >= 4 is 7.60 Å². The van der Waals surface area contributed by atoms with Gasteiger partial charge >= 0.3 is 13.3 Å². The number of ether oxygens (including phenoxy) is 1. The number of aliphatic hydroxyl groups is 3. The van der Waals surface area contributed by atoms with Crippen molar-refractivity contribution in [3.63, 3.8) is 0 Å². The molecule has 0 radical (unpaired) electrons. The molecule has 0 saturated carbocycles. The molecular formula is C15H25N2O9P. The van der Waals surface area contributed by atoms with E-state index in [9.17, 15) is 34.4 Å². The molecule has 27 heavy (non-hydrogen) atoms. The van der Waals surface area contributed by atoms with Gasteiger partial charge in [-0.25, -0.2) is 4.79 Å². The predicted molar refractivity (Wildman–Crippen MR) is 93.2 cm³/mol. The van der Waals surface area contributed by atoms with Crippen LogP contribution in [0.3, 0.4) is 0 Å². The first-order chi connectivity index (χ1) is 12.4. The standard InChI is InChI=1S/C15H25N2O9P/c1-4-15(3,26-27(23,24)7(2)18)5-9-10(19)11(20)12(25-9)8-6-16-14(22)17-13(8)21/h6-7,9-12,18-20H,4-5H2,1-3H3,(H,23,24)(H2,16,17,21,22)/t7?,9-,10-,11-,12+,15?/m1/s1. The Labute approximate surface area is 154 Å². The van der Waals surface area contributed by atoms with Crippen LogP contribution < -0.4 is 11.2 Å². The van der Waals surface area contributed by atoms with E-state index in [1.807, 2.05) is 4.98 Å². The Bertz CT molecular complexity index is 822. The highest BCUT2D eigenvalue weighted by Crippen LogP contribution is 2.52. The molecular weight excluding hydrogens is 383 g/mol. The smallest absolute Gasteiger partial charge is 0.356 e. The maximum absolute atomic E-state index is 12.0. The van der Waals surface area contributed by atoms with Crippen molar-refractivity contribution in [1.82, 2.24) is 9.97 Å². The maximum atomic E-state index is 12.0. The van der Waals surface area contributed by atoms with Gasteiger partial charge in [-0.3, -0.25) is 14.3 Å². The third-order valence-electron chi connectivity index (χ3n) is 4.72. The zero-order valence-electron chi connectivity index (χ0n) is 15.2. The van der Waals surface area contributed by atoms with Crippen LogP contribution in [0.5, 0.6) is 0 Å². The molecule has 12 heteroatoms. The molecule has 0 aromatic carbocycles. The molecule has 154 valence electrons. The molecule has 2 heterocycles. The van der Waals surface area contributed by atoms with Crippen LogP contribution >= 0.6 is 7.60 Å².